The first-order valence-corrected chi connectivity index (χ1v) is 8.43. The van der Waals surface area contributed by atoms with E-state index in [0.29, 0.717) is 22.5 Å². The van der Waals surface area contributed by atoms with E-state index >= 15 is 0 Å². The summed E-state index contributed by atoms with van der Waals surface area (Å²) < 4.78 is 0. The lowest BCUT2D eigenvalue weighted by Crippen LogP contribution is -2.13. The number of aryl methyl sites for hydroxylation is 2. The van der Waals surface area contributed by atoms with Crippen molar-refractivity contribution in [2.75, 3.05) is 0 Å². The molecule has 1 heterocycles. The van der Waals surface area contributed by atoms with Gasteiger partial charge in [0.25, 0.3) is 0 Å². The van der Waals surface area contributed by atoms with Crippen LogP contribution in [0.2, 0.25) is 0 Å². The number of nitrogens with two attached hydrogens (primary N) is 1. The maximum absolute atomic E-state index is 12.5. The summed E-state index contributed by atoms with van der Waals surface area (Å²) in [5.74, 6) is -0.149. The summed E-state index contributed by atoms with van der Waals surface area (Å²) in [6.07, 6.45) is 3.27. The molecule has 0 radical (unpaired) electrons. The van der Waals surface area contributed by atoms with Crippen molar-refractivity contribution in [3.05, 3.63) is 64.7 Å². The number of benzene rings is 2. The van der Waals surface area contributed by atoms with Crippen LogP contribution in [0, 0.1) is 0 Å². The van der Waals surface area contributed by atoms with Crippen LogP contribution in [0.3, 0.4) is 0 Å². The third-order valence-corrected chi connectivity index (χ3v) is 4.59. The van der Waals surface area contributed by atoms with E-state index in [0.717, 1.165) is 19.3 Å². The fraction of sp³-hybridized carbons (Fsp3) is 0.211. The second-order valence-electron chi connectivity index (χ2n) is 6.35. The van der Waals surface area contributed by atoms with Gasteiger partial charge in [-0.2, -0.15) is 4.80 Å². The SMILES string of the molecule is NC(=O)c1ccc(-c2nnn(CC(=O)c3ccc4c(c3)CCC4)n2)cc1. The van der Waals surface area contributed by atoms with Crippen LogP contribution in [0.25, 0.3) is 11.4 Å². The van der Waals surface area contributed by atoms with Crippen molar-refractivity contribution in [2.24, 2.45) is 5.73 Å². The van der Waals surface area contributed by atoms with Crippen LogP contribution in [0.1, 0.15) is 38.3 Å². The van der Waals surface area contributed by atoms with Gasteiger partial charge in [-0.15, -0.1) is 10.2 Å². The zero-order valence-electron chi connectivity index (χ0n) is 14.1. The predicted octanol–water partition coefficient (Wildman–Crippen LogP) is 1.81. The van der Waals surface area contributed by atoms with Gasteiger partial charge in [0.1, 0.15) is 6.54 Å². The second kappa shape index (κ2) is 6.51. The molecule has 1 aliphatic carbocycles. The number of hydrogen-bond donors (Lipinski definition) is 1. The molecule has 1 aromatic heterocycles. The summed E-state index contributed by atoms with van der Waals surface area (Å²) in [7, 11) is 0. The van der Waals surface area contributed by atoms with Crippen LogP contribution in [-0.4, -0.2) is 31.9 Å². The number of carbonyl (C=O) groups is 2. The number of Topliss-reactive ketones (excluding diaryl/α,β-unsaturated/α-hetero) is 1. The molecule has 1 aliphatic rings. The summed E-state index contributed by atoms with van der Waals surface area (Å²) >= 11 is 0. The maximum atomic E-state index is 12.5. The highest BCUT2D eigenvalue weighted by Gasteiger charge is 2.15. The third kappa shape index (κ3) is 3.11. The number of hydrogen-bond acceptors (Lipinski definition) is 5. The largest absolute Gasteiger partial charge is 0.366 e. The molecule has 0 bridgehead atoms. The smallest absolute Gasteiger partial charge is 0.248 e. The van der Waals surface area contributed by atoms with Crippen molar-refractivity contribution in [2.45, 2.75) is 25.8 Å². The number of ketones is 1. The molecule has 0 spiro atoms. The summed E-state index contributed by atoms with van der Waals surface area (Å²) in [6, 6.07) is 12.5. The molecule has 1 amide bonds. The van der Waals surface area contributed by atoms with E-state index in [1.165, 1.54) is 15.9 Å². The molecular formula is C19H17N5O2. The molecule has 0 saturated heterocycles. The second-order valence-corrected chi connectivity index (χ2v) is 6.35. The highest BCUT2D eigenvalue weighted by atomic mass is 16.1. The Morgan fingerprint density at radius 2 is 1.73 bits per heavy atom. The van der Waals surface area contributed by atoms with Gasteiger partial charge in [-0.3, -0.25) is 9.59 Å². The standard InChI is InChI=1S/C19H17N5O2/c20-18(26)13-5-7-14(8-6-13)19-21-23-24(22-19)11-17(25)16-9-4-12-2-1-3-15(12)10-16/h4-10H,1-3,11H2,(H2,20,26). The van der Waals surface area contributed by atoms with Crippen LogP contribution in [0.15, 0.2) is 42.5 Å². The lowest BCUT2D eigenvalue weighted by Gasteiger charge is -2.03. The van der Waals surface area contributed by atoms with Gasteiger partial charge < -0.3 is 5.73 Å². The van der Waals surface area contributed by atoms with Crippen LogP contribution in [0.5, 0.6) is 0 Å². The van der Waals surface area contributed by atoms with Crippen molar-refractivity contribution in [3.63, 3.8) is 0 Å². The van der Waals surface area contributed by atoms with Crippen LogP contribution >= 0.6 is 0 Å². The summed E-state index contributed by atoms with van der Waals surface area (Å²) in [4.78, 5) is 24.9. The quantitative estimate of drug-likeness (QED) is 0.709. The van der Waals surface area contributed by atoms with E-state index < -0.39 is 5.91 Å². The van der Waals surface area contributed by atoms with Crippen molar-refractivity contribution < 1.29 is 9.59 Å². The number of primary amides is 1. The molecule has 130 valence electrons. The zero-order valence-corrected chi connectivity index (χ0v) is 14.1. The Bertz CT molecular complexity index is 991. The molecule has 0 saturated carbocycles. The molecule has 0 atom stereocenters. The monoisotopic (exact) mass is 347 g/mol. The van der Waals surface area contributed by atoms with Crippen molar-refractivity contribution in [1.29, 1.82) is 0 Å². The number of carbonyl (C=O) groups excluding carboxylic acids is 2. The van der Waals surface area contributed by atoms with Gasteiger partial charge in [-0.25, -0.2) is 0 Å². The van der Waals surface area contributed by atoms with E-state index in [1.54, 1.807) is 24.3 Å². The van der Waals surface area contributed by atoms with E-state index in [1.807, 2.05) is 18.2 Å². The summed E-state index contributed by atoms with van der Waals surface area (Å²) in [6.45, 7) is 0.0329. The van der Waals surface area contributed by atoms with Gasteiger partial charge >= 0.3 is 0 Å². The Morgan fingerprint density at radius 3 is 2.50 bits per heavy atom. The lowest BCUT2D eigenvalue weighted by atomic mass is 10.0. The molecule has 7 heteroatoms. The van der Waals surface area contributed by atoms with E-state index in [4.69, 9.17) is 5.73 Å². The molecule has 7 nitrogen and oxygen atoms in total. The molecule has 2 N–H and O–H groups in total. The van der Waals surface area contributed by atoms with Crippen LogP contribution < -0.4 is 5.73 Å². The van der Waals surface area contributed by atoms with Gasteiger partial charge in [-0.1, -0.05) is 24.3 Å². The first-order chi connectivity index (χ1) is 12.6. The van der Waals surface area contributed by atoms with Crippen LogP contribution in [-0.2, 0) is 19.4 Å². The molecule has 0 aliphatic heterocycles. The average Bonchev–Trinajstić information content (AvgIpc) is 3.30. The minimum atomic E-state index is -0.492. The number of tetrazole rings is 1. The minimum Gasteiger partial charge on any atom is -0.366 e. The molecule has 4 rings (SSSR count). The Kier molecular flexibility index (Phi) is 4.04. The van der Waals surface area contributed by atoms with Gasteiger partial charge in [0.2, 0.25) is 11.7 Å². The van der Waals surface area contributed by atoms with E-state index in [-0.39, 0.29) is 12.3 Å². The fourth-order valence-electron chi connectivity index (χ4n) is 3.17. The van der Waals surface area contributed by atoms with Gasteiger partial charge in [0, 0.05) is 16.7 Å². The van der Waals surface area contributed by atoms with Crippen molar-refractivity contribution in [3.8, 4) is 11.4 Å². The van der Waals surface area contributed by atoms with Crippen molar-refractivity contribution in [1.82, 2.24) is 20.2 Å². The first-order valence-electron chi connectivity index (χ1n) is 8.43. The van der Waals surface area contributed by atoms with E-state index in [9.17, 15) is 9.59 Å². The fourth-order valence-corrected chi connectivity index (χ4v) is 3.17. The Balaban J connectivity index is 1.49. The van der Waals surface area contributed by atoms with Gasteiger partial charge in [0.15, 0.2) is 5.78 Å². The van der Waals surface area contributed by atoms with E-state index in [2.05, 4.69) is 15.4 Å². The van der Waals surface area contributed by atoms with Gasteiger partial charge in [-0.05, 0) is 53.8 Å². The minimum absolute atomic E-state index is 0.0329. The zero-order chi connectivity index (χ0) is 18.1. The van der Waals surface area contributed by atoms with Crippen LogP contribution in [0.4, 0.5) is 0 Å². The number of nitrogens with zero attached hydrogens (tertiary/aromatic N) is 4. The number of amides is 1. The Labute approximate surface area is 149 Å². The molecule has 26 heavy (non-hydrogen) atoms. The lowest BCUT2D eigenvalue weighted by molar-refractivity contribution is 0.0959. The van der Waals surface area contributed by atoms with Crippen molar-refractivity contribution >= 4 is 11.7 Å². The molecule has 2 aromatic carbocycles. The molecule has 0 unspecified atom stereocenters. The molecular weight excluding hydrogens is 330 g/mol. The highest BCUT2D eigenvalue weighted by molar-refractivity contribution is 5.96. The Morgan fingerprint density at radius 1 is 1.00 bits per heavy atom. The first kappa shape index (κ1) is 16.1. The van der Waals surface area contributed by atoms with Gasteiger partial charge in [0.05, 0.1) is 0 Å². The topological polar surface area (TPSA) is 104 Å². The molecule has 3 aromatic rings. The maximum Gasteiger partial charge on any atom is 0.248 e. The average molecular weight is 347 g/mol. The number of rotatable bonds is 5. The summed E-state index contributed by atoms with van der Waals surface area (Å²) in [5.41, 5.74) is 9.61. The molecule has 0 fully saturated rings. The normalized spacial score (nSPS) is 12.8. The Hall–Kier alpha value is -3.35. The third-order valence-electron chi connectivity index (χ3n) is 4.59. The highest BCUT2D eigenvalue weighted by Crippen LogP contribution is 2.23. The predicted molar refractivity (Wildman–Crippen MR) is 94.6 cm³/mol. The summed E-state index contributed by atoms with van der Waals surface area (Å²) in [5, 5.41) is 12.2. The number of fused-ring (bicyclic) bond motifs is 1. The number of aromatic nitrogens is 4.